The van der Waals surface area contributed by atoms with E-state index < -0.39 is 0 Å². The van der Waals surface area contributed by atoms with Crippen LogP contribution >= 0.6 is 12.2 Å². The van der Waals surface area contributed by atoms with E-state index in [4.69, 9.17) is 17.0 Å². The van der Waals surface area contributed by atoms with E-state index in [9.17, 15) is 4.39 Å². The SMILES string of the molecule is C/C(=N/NC(=S)NC[C@@H]1CCCO1)c1ccc(N2CCCC2)c(F)c1. The maximum Gasteiger partial charge on any atom is 0.187 e. The van der Waals surface area contributed by atoms with Crippen LogP contribution in [0, 0.1) is 5.82 Å². The maximum atomic E-state index is 14.4. The number of halogens is 1. The number of nitrogens with zero attached hydrogens (tertiary/aromatic N) is 2. The second-order valence-corrected chi connectivity index (χ2v) is 6.92. The van der Waals surface area contributed by atoms with Crippen LogP contribution in [0.2, 0.25) is 0 Å². The number of hydrogen-bond donors (Lipinski definition) is 2. The molecule has 0 unspecified atom stereocenters. The molecule has 2 fully saturated rings. The van der Waals surface area contributed by atoms with E-state index in [1.807, 2.05) is 19.1 Å². The molecule has 25 heavy (non-hydrogen) atoms. The van der Waals surface area contributed by atoms with Crippen LogP contribution < -0.4 is 15.6 Å². The van der Waals surface area contributed by atoms with E-state index in [2.05, 4.69) is 20.7 Å². The normalized spacial score (nSPS) is 20.8. The zero-order valence-corrected chi connectivity index (χ0v) is 15.4. The first kappa shape index (κ1) is 18.1. The van der Waals surface area contributed by atoms with Crippen LogP contribution in [0.5, 0.6) is 0 Å². The molecule has 0 spiro atoms. The first-order valence-corrected chi connectivity index (χ1v) is 9.29. The van der Waals surface area contributed by atoms with Gasteiger partial charge in [-0.25, -0.2) is 4.39 Å². The van der Waals surface area contributed by atoms with Crippen molar-refractivity contribution >= 4 is 28.7 Å². The summed E-state index contributed by atoms with van der Waals surface area (Å²) in [7, 11) is 0. The predicted molar refractivity (Wildman–Crippen MR) is 103 cm³/mol. The molecule has 3 rings (SSSR count). The third-order valence-electron chi connectivity index (χ3n) is 4.65. The molecule has 0 bridgehead atoms. The summed E-state index contributed by atoms with van der Waals surface area (Å²) in [5.74, 6) is -0.201. The van der Waals surface area contributed by atoms with Crippen LogP contribution in [0.25, 0.3) is 0 Å². The number of anilines is 1. The topological polar surface area (TPSA) is 48.9 Å². The Morgan fingerprint density at radius 2 is 2.16 bits per heavy atom. The Kier molecular flexibility index (Phi) is 6.20. The van der Waals surface area contributed by atoms with Gasteiger partial charge in [-0.2, -0.15) is 5.10 Å². The fourth-order valence-electron chi connectivity index (χ4n) is 3.20. The van der Waals surface area contributed by atoms with Crippen molar-refractivity contribution in [2.24, 2.45) is 5.10 Å². The van der Waals surface area contributed by atoms with Gasteiger partial charge in [0, 0.05) is 31.8 Å². The van der Waals surface area contributed by atoms with Gasteiger partial charge in [-0.05, 0) is 57.0 Å². The monoisotopic (exact) mass is 364 g/mol. The van der Waals surface area contributed by atoms with Crippen LogP contribution in [-0.4, -0.2) is 43.2 Å². The predicted octanol–water partition coefficient (Wildman–Crippen LogP) is 2.79. The van der Waals surface area contributed by atoms with Crippen molar-refractivity contribution in [3.63, 3.8) is 0 Å². The largest absolute Gasteiger partial charge is 0.376 e. The highest BCUT2D eigenvalue weighted by Gasteiger charge is 2.17. The average molecular weight is 364 g/mol. The number of ether oxygens (including phenoxy) is 1. The molecule has 1 aromatic carbocycles. The number of hydrogen-bond acceptors (Lipinski definition) is 4. The lowest BCUT2D eigenvalue weighted by Gasteiger charge is -2.18. The van der Waals surface area contributed by atoms with Gasteiger partial charge >= 0.3 is 0 Å². The lowest BCUT2D eigenvalue weighted by molar-refractivity contribution is 0.114. The summed E-state index contributed by atoms with van der Waals surface area (Å²) in [6.07, 6.45) is 4.63. The molecule has 7 heteroatoms. The van der Waals surface area contributed by atoms with Gasteiger partial charge in [0.15, 0.2) is 5.11 Å². The summed E-state index contributed by atoms with van der Waals surface area (Å²) in [5.41, 5.74) is 4.92. The number of hydrazone groups is 1. The number of thiocarbonyl (C=S) groups is 1. The molecule has 2 saturated heterocycles. The lowest BCUT2D eigenvalue weighted by atomic mass is 10.1. The Morgan fingerprint density at radius 3 is 2.84 bits per heavy atom. The van der Waals surface area contributed by atoms with E-state index in [0.717, 1.165) is 50.9 Å². The molecular formula is C18H25FN4OS. The molecule has 0 saturated carbocycles. The third kappa shape index (κ3) is 4.89. The summed E-state index contributed by atoms with van der Waals surface area (Å²) in [6, 6.07) is 5.28. The minimum absolute atomic E-state index is 0.201. The molecule has 136 valence electrons. The molecule has 0 aromatic heterocycles. The van der Waals surface area contributed by atoms with Gasteiger partial charge < -0.3 is 15.0 Å². The van der Waals surface area contributed by atoms with Crippen LogP contribution in [0.3, 0.4) is 0 Å². The number of benzene rings is 1. The number of rotatable bonds is 5. The molecule has 2 N–H and O–H groups in total. The van der Waals surface area contributed by atoms with Gasteiger partial charge in [0.25, 0.3) is 0 Å². The molecule has 2 heterocycles. The molecule has 1 aromatic rings. The van der Waals surface area contributed by atoms with Crippen LogP contribution in [-0.2, 0) is 4.74 Å². The van der Waals surface area contributed by atoms with Gasteiger partial charge in [0.05, 0.1) is 17.5 Å². The fourth-order valence-corrected chi connectivity index (χ4v) is 3.33. The second kappa shape index (κ2) is 8.58. The average Bonchev–Trinajstić information content (AvgIpc) is 3.31. The van der Waals surface area contributed by atoms with Crippen molar-refractivity contribution in [3.8, 4) is 0 Å². The molecule has 0 radical (unpaired) electrons. The minimum atomic E-state index is -0.201. The van der Waals surface area contributed by atoms with Gasteiger partial charge in [-0.1, -0.05) is 6.07 Å². The molecule has 2 aliphatic heterocycles. The highest BCUT2D eigenvalue weighted by molar-refractivity contribution is 7.80. The highest BCUT2D eigenvalue weighted by Crippen LogP contribution is 2.24. The zero-order chi connectivity index (χ0) is 17.6. The Balaban J connectivity index is 1.54. The van der Waals surface area contributed by atoms with E-state index in [-0.39, 0.29) is 11.9 Å². The van der Waals surface area contributed by atoms with Gasteiger partial charge in [-0.15, -0.1) is 0 Å². The Labute approximate surface area is 153 Å². The molecule has 2 aliphatic rings. The van der Waals surface area contributed by atoms with Gasteiger partial charge in [-0.3, -0.25) is 5.43 Å². The molecule has 5 nitrogen and oxygen atoms in total. The Morgan fingerprint density at radius 1 is 1.36 bits per heavy atom. The zero-order valence-electron chi connectivity index (χ0n) is 14.6. The summed E-state index contributed by atoms with van der Waals surface area (Å²) in [4.78, 5) is 2.09. The van der Waals surface area contributed by atoms with Crippen molar-refractivity contribution in [1.29, 1.82) is 0 Å². The van der Waals surface area contributed by atoms with Crippen LogP contribution in [0.15, 0.2) is 23.3 Å². The Bertz CT molecular complexity index is 640. The van der Waals surface area contributed by atoms with E-state index in [0.29, 0.717) is 23.1 Å². The molecule has 0 amide bonds. The van der Waals surface area contributed by atoms with E-state index >= 15 is 0 Å². The van der Waals surface area contributed by atoms with E-state index in [1.165, 1.54) is 6.07 Å². The third-order valence-corrected chi connectivity index (χ3v) is 4.89. The van der Waals surface area contributed by atoms with Crippen LogP contribution in [0.4, 0.5) is 10.1 Å². The minimum Gasteiger partial charge on any atom is -0.376 e. The first-order chi connectivity index (χ1) is 12.1. The summed E-state index contributed by atoms with van der Waals surface area (Å²) < 4.78 is 19.9. The van der Waals surface area contributed by atoms with Crippen molar-refractivity contribution in [2.45, 2.75) is 38.7 Å². The quantitative estimate of drug-likeness (QED) is 0.478. The molecule has 0 aliphatic carbocycles. The van der Waals surface area contributed by atoms with Gasteiger partial charge in [0.2, 0.25) is 0 Å². The second-order valence-electron chi connectivity index (χ2n) is 6.51. The summed E-state index contributed by atoms with van der Waals surface area (Å²) in [5, 5.41) is 7.79. The standard InChI is InChI=1S/C18H25FN4OS/c1-13(21-22-18(25)20-12-15-5-4-10-24-15)14-6-7-17(16(19)11-14)23-8-2-3-9-23/h6-7,11,15H,2-5,8-10,12H2,1H3,(H2,20,22,25)/b21-13-/t15-/m0/s1. The van der Waals surface area contributed by atoms with E-state index in [1.54, 1.807) is 0 Å². The molecular weight excluding hydrogens is 339 g/mol. The summed E-state index contributed by atoms with van der Waals surface area (Å²) in [6.45, 7) is 5.19. The van der Waals surface area contributed by atoms with Crippen molar-refractivity contribution < 1.29 is 9.13 Å². The fraction of sp³-hybridized carbons (Fsp3) is 0.556. The number of nitrogens with one attached hydrogen (secondary N) is 2. The lowest BCUT2D eigenvalue weighted by Crippen LogP contribution is -2.37. The van der Waals surface area contributed by atoms with Crippen molar-refractivity contribution in [1.82, 2.24) is 10.7 Å². The van der Waals surface area contributed by atoms with Crippen LogP contribution in [0.1, 0.15) is 38.2 Å². The van der Waals surface area contributed by atoms with Crippen molar-refractivity contribution in [2.75, 3.05) is 31.1 Å². The van der Waals surface area contributed by atoms with Gasteiger partial charge in [0.1, 0.15) is 5.82 Å². The Hall–Kier alpha value is -1.73. The maximum absolute atomic E-state index is 14.4. The highest BCUT2D eigenvalue weighted by atomic mass is 32.1. The smallest absolute Gasteiger partial charge is 0.187 e. The van der Waals surface area contributed by atoms with Crippen molar-refractivity contribution in [3.05, 3.63) is 29.6 Å². The molecule has 1 atom stereocenters. The summed E-state index contributed by atoms with van der Waals surface area (Å²) >= 11 is 5.21. The first-order valence-electron chi connectivity index (χ1n) is 8.88.